The number of hydrogen-bond donors (Lipinski definition) is 1. The van der Waals surface area contributed by atoms with Crippen LogP contribution in [-0.4, -0.2) is 61.0 Å². The van der Waals surface area contributed by atoms with Crippen molar-refractivity contribution in [2.45, 2.75) is 12.5 Å². The zero-order valence-corrected chi connectivity index (χ0v) is 13.0. The SMILES string of the molecule is Cl.O=C(c1ccc(F)c(F)c1)N1CCC(N2CCNCC2)C1. The Balaban J connectivity index is 0.00000176. The molecule has 1 atom stereocenters. The van der Waals surface area contributed by atoms with E-state index in [0.717, 1.165) is 44.7 Å². The summed E-state index contributed by atoms with van der Waals surface area (Å²) in [6.07, 6.45) is 0.940. The Hall–Kier alpha value is -1.24. The van der Waals surface area contributed by atoms with Crippen molar-refractivity contribution in [3.63, 3.8) is 0 Å². The van der Waals surface area contributed by atoms with E-state index in [9.17, 15) is 13.6 Å². The second-order valence-corrected chi connectivity index (χ2v) is 5.61. The summed E-state index contributed by atoms with van der Waals surface area (Å²) < 4.78 is 26.2. The summed E-state index contributed by atoms with van der Waals surface area (Å²) in [6.45, 7) is 5.29. The van der Waals surface area contributed by atoms with Crippen LogP contribution in [0.1, 0.15) is 16.8 Å². The molecule has 2 fully saturated rings. The first-order valence-corrected chi connectivity index (χ1v) is 7.34. The number of carbonyl (C=O) groups excluding carboxylic acids is 1. The number of nitrogens with zero attached hydrogens (tertiary/aromatic N) is 2. The fourth-order valence-corrected chi connectivity index (χ4v) is 3.08. The molecule has 2 heterocycles. The average molecular weight is 332 g/mol. The highest BCUT2D eigenvalue weighted by atomic mass is 35.5. The van der Waals surface area contributed by atoms with E-state index in [1.807, 2.05) is 0 Å². The maximum Gasteiger partial charge on any atom is 0.254 e. The van der Waals surface area contributed by atoms with Crippen LogP contribution in [0.15, 0.2) is 18.2 Å². The molecule has 0 spiro atoms. The minimum absolute atomic E-state index is 0. The molecule has 1 unspecified atom stereocenters. The number of likely N-dealkylation sites (tertiary alicyclic amines) is 1. The van der Waals surface area contributed by atoms with Crippen molar-refractivity contribution < 1.29 is 13.6 Å². The summed E-state index contributed by atoms with van der Waals surface area (Å²) in [5, 5.41) is 3.31. The predicted molar refractivity (Wildman–Crippen MR) is 82.4 cm³/mol. The number of benzene rings is 1. The molecule has 1 aromatic carbocycles. The van der Waals surface area contributed by atoms with Gasteiger partial charge in [-0.25, -0.2) is 8.78 Å². The molecule has 1 aromatic rings. The molecule has 0 radical (unpaired) electrons. The maximum absolute atomic E-state index is 13.2. The van der Waals surface area contributed by atoms with Crippen LogP contribution in [0.5, 0.6) is 0 Å². The summed E-state index contributed by atoms with van der Waals surface area (Å²) in [7, 11) is 0. The fourth-order valence-electron chi connectivity index (χ4n) is 3.08. The third kappa shape index (κ3) is 3.56. The van der Waals surface area contributed by atoms with Gasteiger partial charge in [-0.15, -0.1) is 12.4 Å². The topological polar surface area (TPSA) is 35.6 Å². The highest BCUT2D eigenvalue weighted by molar-refractivity contribution is 5.94. The van der Waals surface area contributed by atoms with Gasteiger partial charge in [-0.05, 0) is 24.6 Å². The summed E-state index contributed by atoms with van der Waals surface area (Å²) in [5.74, 6) is -2.11. The van der Waals surface area contributed by atoms with Gasteiger partial charge in [0.05, 0.1) is 0 Å². The lowest BCUT2D eigenvalue weighted by Gasteiger charge is -2.32. The lowest BCUT2D eigenvalue weighted by atomic mass is 10.2. The molecule has 4 nitrogen and oxygen atoms in total. The Kier molecular flexibility index (Phi) is 5.72. The summed E-state index contributed by atoms with van der Waals surface area (Å²) in [6, 6.07) is 3.71. The van der Waals surface area contributed by atoms with Gasteiger partial charge in [0.1, 0.15) is 0 Å². The molecule has 2 saturated heterocycles. The van der Waals surface area contributed by atoms with Gasteiger partial charge >= 0.3 is 0 Å². The second-order valence-electron chi connectivity index (χ2n) is 5.61. The molecular weight excluding hydrogens is 312 g/mol. The van der Waals surface area contributed by atoms with Crippen LogP contribution in [-0.2, 0) is 0 Å². The standard InChI is InChI=1S/C15H19F2N3O.ClH/c16-13-2-1-11(9-14(13)17)15(21)20-6-3-12(10-20)19-7-4-18-5-8-19;/h1-2,9,12,18H,3-8,10H2;1H. The minimum atomic E-state index is -0.973. The van der Waals surface area contributed by atoms with Crippen molar-refractivity contribution in [2.75, 3.05) is 39.3 Å². The number of halogens is 3. The highest BCUT2D eigenvalue weighted by Crippen LogP contribution is 2.19. The molecule has 0 bridgehead atoms. The summed E-state index contributed by atoms with van der Waals surface area (Å²) in [5.41, 5.74) is 0.217. The Morgan fingerprint density at radius 1 is 1.14 bits per heavy atom. The Bertz CT molecular complexity index is 538. The normalized spacial score (nSPS) is 22.5. The van der Waals surface area contributed by atoms with E-state index in [2.05, 4.69) is 10.2 Å². The van der Waals surface area contributed by atoms with Crippen molar-refractivity contribution >= 4 is 18.3 Å². The molecule has 1 N–H and O–H groups in total. The lowest BCUT2D eigenvalue weighted by molar-refractivity contribution is 0.0773. The van der Waals surface area contributed by atoms with Crippen LogP contribution < -0.4 is 5.32 Å². The maximum atomic E-state index is 13.2. The van der Waals surface area contributed by atoms with Crippen molar-refractivity contribution in [1.29, 1.82) is 0 Å². The molecule has 7 heteroatoms. The van der Waals surface area contributed by atoms with E-state index < -0.39 is 11.6 Å². The van der Waals surface area contributed by atoms with E-state index in [1.54, 1.807) is 4.90 Å². The molecule has 122 valence electrons. The van der Waals surface area contributed by atoms with Gasteiger partial charge in [-0.2, -0.15) is 0 Å². The monoisotopic (exact) mass is 331 g/mol. The first kappa shape index (κ1) is 17.1. The Morgan fingerprint density at radius 3 is 2.55 bits per heavy atom. The number of carbonyl (C=O) groups is 1. The quantitative estimate of drug-likeness (QED) is 0.892. The van der Waals surface area contributed by atoms with Gasteiger partial charge in [-0.3, -0.25) is 9.69 Å². The lowest BCUT2D eigenvalue weighted by Crippen LogP contribution is -2.49. The predicted octanol–water partition coefficient (Wildman–Crippen LogP) is 1.51. The molecule has 1 amide bonds. The number of piperazine rings is 1. The fraction of sp³-hybridized carbons (Fsp3) is 0.533. The molecule has 0 saturated carbocycles. The van der Waals surface area contributed by atoms with E-state index >= 15 is 0 Å². The summed E-state index contributed by atoms with van der Waals surface area (Å²) in [4.78, 5) is 16.5. The van der Waals surface area contributed by atoms with Crippen LogP contribution >= 0.6 is 12.4 Å². The minimum Gasteiger partial charge on any atom is -0.337 e. The van der Waals surface area contributed by atoms with Gasteiger partial charge in [0.25, 0.3) is 5.91 Å². The van der Waals surface area contributed by atoms with Gasteiger partial charge in [0, 0.05) is 50.9 Å². The molecule has 0 aliphatic carbocycles. The van der Waals surface area contributed by atoms with Crippen LogP contribution in [0.3, 0.4) is 0 Å². The largest absolute Gasteiger partial charge is 0.337 e. The first-order chi connectivity index (χ1) is 10.1. The third-order valence-electron chi connectivity index (χ3n) is 4.29. The molecule has 0 aromatic heterocycles. The average Bonchev–Trinajstić information content (AvgIpc) is 3.00. The van der Waals surface area contributed by atoms with Crippen molar-refractivity contribution in [2.24, 2.45) is 0 Å². The molecule has 2 aliphatic heterocycles. The van der Waals surface area contributed by atoms with E-state index in [4.69, 9.17) is 0 Å². The number of hydrogen-bond acceptors (Lipinski definition) is 3. The Morgan fingerprint density at radius 2 is 1.86 bits per heavy atom. The highest BCUT2D eigenvalue weighted by Gasteiger charge is 2.31. The van der Waals surface area contributed by atoms with Crippen molar-refractivity contribution in [3.05, 3.63) is 35.4 Å². The van der Waals surface area contributed by atoms with Gasteiger partial charge < -0.3 is 10.2 Å². The zero-order chi connectivity index (χ0) is 14.8. The van der Waals surface area contributed by atoms with E-state index in [1.165, 1.54) is 6.07 Å². The number of rotatable bonds is 2. The smallest absolute Gasteiger partial charge is 0.254 e. The van der Waals surface area contributed by atoms with Crippen molar-refractivity contribution in [3.8, 4) is 0 Å². The van der Waals surface area contributed by atoms with E-state index in [-0.39, 0.29) is 23.9 Å². The van der Waals surface area contributed by atoms with Crippen LogP contribution in [0.25, 0.3) is 0 Å². The third-order valence-corrected chi connectivity index (χ3v) is 4.29. The van der Waals surface area contributed by atoms with Crippen molar-refractivity contribution in [1.82, 2.24) is 15.1 Å². The summed E-state index contributed by atoms with van der Waals surface area (Å²) >= 11 is 0. The number of amides is 1. The van der Waals surface area contributed by atoms with Crippen LogP contribution in [0.2, 0.25) is 0 Å². The molecule has 2 aliphatic rings. The molecular formula is C15H20ClF2N3O. The second kappa shape index (κ2) is 7.35. The zero-order valence-electron chi connectivity index (χ0n) is 12.2. The Labute approximate surface area is 134 Å². The van der Waals surface area contributed by atoms with E-state index in [0.29, 0.717) is 19.1 Å². The van der Waals surface area contributed by atoms with Gasteiger partial charge in [-0.1, -0.05) is 0 Å². The van der Waals surface area contributed by atoms with Crippen LogP contribution in [0.4, 0.5) is 8.78 Å². The van der Waals surface area contributed by atoms with Gasteiger partial charge in [0.15, 0.2) is 11.6 Å². The first-order valence-electron chi connectivity index (χ1n) is 7.34. The molecule has 3 rings (SSSR count). The van der Waals surface area contributed by atoms with Crippen LogP contribution in [0, 0.1) is 11.6 Å². The van der Waals surface area contributed by atoms with Gasteiger partial charge in [0.2, 0.25) is 0 Å². The molecule has 22 heavy (non-hydrogen) atoms. The number of nitrogens with one attached hydrogen (secondary N) is 1.